The van der Waals surface area contributed by atoms with Gasteiger partial charge in [0.15, 0.2) is 0 Å². The minimum Gasteiger partial charge on any atom is -0.384 e. The molecule has 2 heteroatoms. The van der Waals surface area contributed by atoms with Crippen LogP contribution in [0.15, 0.2) is 53.0 Å². The van der Waals surface area contributed by atoms with Crippen molar-refractivity contribution in [1.82, 2.24) is 0 Å². The number of aliphatic hydroxyl groups excluding tert-OH is 1. The molecule has 0 radical (unpaired) electrons. The molecule has 2 aromatic carbocycles. The second-order valence-electron chi connectivity index (χ2n) is 3.84. The van der Waals surface area contributed by atoms with E-state index in [0.717, 1.165) is 21.2 Å². The summed E-state index contributed by atoms with van der Waals surface area (Å²) in [5.41, 5.74) is 2.98. The van der Waals surface area contributed by atoms with Crippen LogP contribution in [-0.2, 0) is 0 Å². The molecule has 0 bridgehead atoms. The first-order valence-corrected chi connectivity index (χ1v) is 5.97. The van der Waals surface area contributed by atoms with Crippen LogP contribution in [0.2, 0.25) is 0 Å². The molecule has 2 aromatic rings. The Labute approximate surface area is 104 Å². The predicted molar refractivity (Wildman–Crippen MR) is 69.4 cm³/mol. The zero-order chi connectivity index (χ0) is 11.5. The summed E-state index contributed by atoms with van der Waals surface area (Å²) in [6.45, 7) is 2.02. The van der Waals surface area contributed by atoms with Gasteiger partial charge in [-0.25, -0.2) is 0 Å². The fourth-order valence-corrected chi connectivity index (χ4v) is 2.22. The van der Waals surface area contributed by atoms with Gasteiger partial charge in [0.05, 0.1) is 0 Å². The molecule has 16 heavy (non-hydrogen) atoms. The van der Waals surface area contributed by atoms with Crippen LogP contribution in [0.5, 0.6) is 0 Å². The summed E-state index contributed by atoms with van der Waals surface area (Å²) in [6.07, 6.45) is -0.574. The number of aliphatic hydroxyl groups is 1. The van der Waals surface area contributed by atoms with Gasteiger partial charge in [-0.05, 0) is 24.1 Å². The predicted octanol–water partition coefficient (Wildman–Crippen LogP) is 3.84. The van der Waals surface area contributed by atoms with Crippen LogP contribution in [0.4, 0.5) is 0 Å². The molecular formula is C14H13BrO. The topological polar surface area (TPSA) is 20.2 Å². The third-order valence-electron chi connectivity index (χ3n) is 2.56. The SMILES string of the molecule is Cc1cccc([C@@H](O)c2ccccc2Br)c1. The van der Waals surface area contributed by atoms with Crippen LogP contribution in [0.25, 0.3) is 0 Å². The van der Waals surface area contributed by atoms with Crippen molar-refractivity contribution in [3.8, 4) is 0 Å². The van der Waals surface area contributed by atoms with E-state index in [9.17, 15) is 5.11 Å². The van der Waals surface area contributed by atoms with E-state index in [-0.39, 0.29) is 0 Å². The van der Waals surface area contributed by atoms with Gasteiger partial charge < -0.3 is 5.11 Å². The van der Waals surface area contributed by atoms with Crippen LogP contribution in [0, 0.1) is 6.92 Å². The Hall–Kier alpha value is -1.12. The van der Waals surface area contributed by atoms with Gasteiger partial charge in [-0.1, -0.05) is 64.0 Å². The van der Waals surface area contributed by atoms with E-state index in [2.05, 4.69) is 15.9 Å². The van der Waals surface area contributed by atoms with E-state index in [0.29, 0.717) is 0 Å². The maximum absolute atomic E-state index is 10.3. The zero-order valence-electron chi connectivity index (χ0n) is 9.02. The smallest absolute Gasteiger partial charge is 0.105 e. The van der Waals surface area contributed by atoms with Crippen LogP contribution in [-0.4, -0.2) is 5.11 Å². The molecule has 0 spiro atoms. The molecule has 0 saturated heterocycles. The number of halogens is 1. The van der Waals surface area contributed by atoms with Gasteiger partial charge in [0.2, 0.25) is 0 Å². The van der Waals surface area contributed by atoms with Gasteiger partial charge in [-0.2, -0.15) is 0 Å². The highest BCUT2D eigenvalue weighted by atomic mass is 79.9. The molecule has 0 aliphatic carbocycles. The summed E-state index contributed by atoms with van der Waals surface area (Å²) in [6, 6.07) is 15.7. The van der Waals surface area contributed by atoms with Crippen molar-refractivity contribution in [2.24, 2.45) is 0 Å². The van der Waals surface area contributed by atoms with E-state index in [1.807, 2.05) is 55.5 Å². The first kappa shape index (κ1) is 11.4. The van der Waals surface area contributed by atoms with Gasteiger partial charge in [-0.15, -0.1) is 0 Å². The molecule has 1 N–H and O–H groups in total. The number of rotatable bonds is 2. The molecule has 0 unspecified atom stereocenters. The molecule has 1 atom stereocenters. The Kier molecular flexibility index (Phi) is 3.42. The highest BCUT2D eigenvalue weighted by Crippen LogP contribution is 2.28. The second kappa shape index (κ2) is 4.81. The molecule has 0 aliphatic heterocycles. The van der Waals surface area contributed by atoms with Crippen LogP contribution in [0.1, 0.15) is 22.8 Å². The normalized spacial score (nSPS) is 12.4. The quantitative estimate of drug-likeness (QED) is 0.884. The number of hydrogen-bond acceptors (Lipinski definition) is 1. The summed E-state index contributed by atoms with van der Waals surface area (Å²) in [5.74, 6) is 0. The van der Waals surface area contributed by atoms with Crippen LogP contribution < -0.4 is 0 Å². The molecule has 0 aliphatic rings. The lowest BCUT2D eigenvalue weighted by atomic mass is 10.0. The molecule has 0 aromatic heterocycles. The number of benzene rings is 2. The summed E-state index contributed by atoms with van der Waals surface area (Å²) in [7, 11) is 0. The highest BCUT2D eigenvalue weighted by molar-refractivity contribution is 9.10. The maximum atomic E-state index is 10.3. The third kappa shape index (κ3) is 2.34. The summed E-state index contributed by atoms with van der Waals surface area (Å²) >= 11 is 3.45. The van der Waals surface area contributed by atoms with Gasteiger partial charge in [0.1, 0.15) is 6.10 Å². The minimum atomic E-state index is -0.574. The van der Waals surface area contributed by atoms with Gasteiger partial charge >= 0.3 is 0 Å². The Morgan fingerprint density at radius 1 is 1.06 bits per heavy atom. The van der Waals surface area contributed by atoms with E-state index < -0.39 is 6.10 Å². The lowest BCUT2D eigenvalue weighted by Gasteiger charge is -2.13. The molecule has 0 saturated carbocycles. The van der Waals surface area contributed by atoms with Crippen molar-refractivity contribution in [2.45, 2.75) is 13.0 Å². The fraction of sp³-hybridized carbons (Fsp3) is 0.143. The molecule has 0 heterocycles. The molecule has 1 nitrogen and oxygen atoms in total. The summed E-state index contributed by atoms with van der Waals surface area (Å²) < 4.78 is 0.934. The van der Waals surface area contributed by atoms with Crippen molar-refractivity contribution >= 4 is 15.9 Å². The largest absolute Gasteiger partial charge is 0.384 e. The lowest BCUT2D eigenvalue weighted by Crippen LogP contribution is -2.00. The van der Waals surface area contributed by atoms with Gasteiger partial charge in [0, 0.05) is 4.47 Å². The molecule has 0 amide bonds. The monoisotopic (exact) mass is 276 g/mol. The first-order chi connectivity index (χ1) is 7.68. The van der Waals surface area contributed by atoms with Crippen LogP contribution >= 0.6 is 15.9 Å². The van der Waals surface area contributed by atoms with E-state index in [1.165, 1.54) is 0 Å². The van der Waals surface area contributed by atoms with Crippen LogP contribution in [0.3, 0.4) is 0 Å². The van der Waals surface area contributed by atoms with Gasteiger partial charge in [-0.3, -0.25) is 0 Å². The fourth-order valence-electron chi connectivity index (χ4n) is 1.72. The average Bonchev–Trinajstić information content (AvgIpc) is 2.29. The molecule has 2 rings (SSSR count). The van der Waals surface area contributed by atoms with Crippen molar-refractivity contribution in [2.75, 3.05) is 0 Å². The average molecular weight is 277 g/mol. The Balaban J connectivity index is 2.39. The van der Waals surface area contributed by atoms with E-state index in [1.54, 1.807) is 0 Å². The number of hydrogen-bond donors (Lipinski definition) is 1. The first-order valence-electron chi connectivity index (χ1n) is 5.17. The Bertz CT molecular complexity index is 494. The Morgan fingerprint density at radius 2 is 1.81 bits per heavy atom. The zero-order valence-corrected chi connectivity index (χ0v) is 10.6. The highest BCUT2D eigenvalue weighted by Gasteiger charge is 2.12. The Morgan fingerprint density at radius 3 is 2.50 bits per heavy atom. The molecule has 82 valence electrons. The lowest BCUT2D eigenvalue weighted by molar-refractivity contribution is 0.219. The summed E-state index contributed by atoms with van der Waals surface area (Å²) in [5, 5.41) is 10.3. The second-order valence-corrected chi connectivity index (χ2v) is 4.69. The number of aryl methyl sites for hydroxylation is 1. The van der Waals surface area contributed by atoms with Crippen molar-refractivity contribution in [3.63, 3.8) is 0 Å². The molecule has 0 fully saturated rings. The van der Waals surface area contributed by atoms with Crippen molar-refractivity contribution in [3.05, 3.63) is 69.7 Å². The third-order valence-corrected chi connectivity index (χ3v) is 3.28. The summed E-state index contributed by atoms with van der Waals surface area (Å²) in [4.78, 5) is 0. The van der Waals surface area contributed by atoms with E-state index in [4.69, 9.17) is 0 Å². The molecular weight excluding hydrogens is 264 g/mol. The maximum Gasteiger partial charge on any atom is 0.105 e. The van der Waals surface area contributed by atoms with Gasteiger partial charge in [0.25, 0.3) is 0 Å². The van der Waals surface area contributed by atoms with Crippen molar-refractivity contribution in [1.29, 1.82) is 0 Å². The van der Waals surface area contributed by atoms with E-state index >= 15 is 0 Å². The standard InChI is InChI=1S/C14H13BrO/c1-10-5-4-6-11(9-10)14(16)12-7-2-3-8-13(12)15/h2-9,14,16H,1H3/t14-/m1/s1. The minimum absolute atomic E-state index is 0.574. The van der Waals surface area contributed by atoms with Crippen molar-refractivity contribution < 1.29 is 5.11 Å².